The van der Waals surface area contributed by atoms with Gasteiger partial charge in [0, 0.05) is 0 Å². The number of hydrogen-bond acceptors (Lipinski definition) is 0. The molecule has 0 fully saturated rings. The van der Waals surface area contributed by atoms with E-state index in [4.69, 9.17) is 0 Å². The Balaban J connectivity index is 0. The van der Waals surface area contributed by atoms with Crippen LogP contribution in [0.5, 0.6) is 0 Å². The van der Waals surface area contributed by atoms with Crippen molar-refractivity contribution in [3.8, 4) is 0 Å². The zero-order valence-corrected chi connectivity index (χ0v) is 4.42. The van der Waals surface area contributed by atoms with Gasteiger partial charge in [0.1, 0.15) is 0 Å². The van der Waals surface area contributed by atoms with Crippen LogP contribution in [0.15, 0.2) is 0 Å². The first-order valence-electron chi connectivity index (χ1n) is 0. The summed E-state index contributed by atoms with van der Waals surface area (Å²) in [6.45, 7) is 0. The summed E-state index contributed by atoms with van der Waals surface area (Å²) in [5, 5.41) is 0. The van der Waals surface area contributed by atoms with Crippen molar-refractivity contribution >= 4 is 37.7 Å². The summed E-state index contributed by atoms with van der Waals surface area (Å²) in [6.07, 6.45) is 0. The molecule has 0 heterocycles. The van der Waals surface area contributed by atoms with Crippen molar-refractivity contribution in [2.45, 2.75) is 0 Å². The zero-order chi connectivity index (χ0) is 0. The Morgan fingerprint density at radius 3 is 0.500 bits per heavy atom. The predicted octanol–water partition coefficient (Wildman–Crippen LogP) is -2.85. The largest absolute Gasteiger partial charge is 2.00 e. The molecule has 0 aliphatic rings. The first kappa shape index (κ1) is 67.8. The molecule has 0 radical (unpaired) electrons. The number of rotatable bonds is 0. The van der Waals surface area contributed by atoms with Crippen LogP contribution in [0.1, 0.15) is 0 Å². The first-order valence-corrected chi connectivity index (χ1v) is 0. The molecule has 0 saturated carbocycles. The minimum Gasteiger partial charge on any atom is -0.412 e. The fraction of sp³-hybridized carbons (Fsp3) is 0. The minimum atomic E-state index is 0. The van der Waals surface area contributed by atoms with Gasteiger partial charge in [0.25, 0.3) is 0 Å². The smallest absolute Gasteiger partial charge is 0.412 e. The second kappa shape index (κ2) is 31.4. The van der Waals surface area contributed by atoms with Gasteiger partial charge in [0.15, 0.2) is 0 Å². The second-order valence-corrected chi connectivity index (χ2v) is 0. The van der Waals surface area contributed by atoms with Crippen LogP contribution in [0.4, 0.5) is 0 Å². The molecule has 4 heavy (non-hydrogen) atoms. The molecule has 0 aromatic carbocycles. The van der Waals surface area contributed by atoms with E-state index in [9.17, 15) is 0 Å². The maximum absolute atomic E-state index is 0. The molecule has 0 atom stereocenters. The average molecular weight is 94.1 g/mol. The zero-order valence-electron chi connectivity index (χ0n) is 2.21. The van der Waals surface area contributed by atoms with E-state index in [0.717, 1.165) is 0 Å². The quantitative estimate of drug-likeness (QED) is 0.289. The maximum Gasteiger partial charge on any atom is 2.00 e. The van der Waals surface area contributed by atoms with E-state index in [1.54, 1.807) is 0 Å². The van der Waals surface area contributed by atoms with Crippen LogP contribution < -0.4 is 0 Å². The Morgan fingerprint density at radius 2 is 0.500 bits per heavy atom. The standard InChI is InChI=1S/Ca.3H2O/h;3*1H2/q+2;;;. The van der Waals surface area contributed by atoms with Crippen molar-refractivity contribution in [1.29, 1.82) is 0 Å². The Hall–Kier alpha value is 1.14. The Kier molecular flexibility index (Phi) is 533. The molecule has 0 saturated heterocycles. The van der Waals surface area contributed by atoms with Crippen molar-refractivity contribution in [2.24, 2.45) is 0 Å². The summed E-state index contributed by atoms with van der Waals surface area (Å²) in [6, 6.07) is 0. The van der Waals surface area contributed by atoms with E-state index in [1.807, 2.05) is 0 Å². The van der Waals surface area contributed by atoms with Crippen LogP contribution in [0.2, 0.25) is 0 Å². The van der Waals surface area contributed by atoms with E-state index in [0.29, 0.717) is 0 Å². The fourth-order valence-corrected chi connectivity index (χ4v) is 0. The fourth-order valence-electron chi connectivity index (χ4n) is 0. The van der Waals surface area contributed by atoms with Crippen LogP contribution >= 0.6 is 0 Å². The summed E-state index contributed by atoms with van der Waals surface area (Å²) < 4.78 is 0. The molecule has 0 aromatic heterocycles. The van der Waals surface area contributed by atoms with E-state index < -0.39 is 0 Å². The van der Waals surface area contributed by atoms with Crippen LogP contribution in [-0.4, -0.2) is 54.2 Å². The van der Waals surface area contributed by atoms with Gasteiger partial charge >= 0.3 is 37.7 Å². The Labute approximate surface area is 53.9 Å². The molecule has 4 heteroatoms. The molecule has 0 aromatic rings. The Bertz CT molecular complexity index is 3.25. The molecule has 0 rings (SSSR count). The molecule has 24 valence electrons. The summed E-state index contributed by atoms with van der Waals surface area (Å²) >= 11 is 0. The molecule has 0 amide bonds. The molecule has 6 N–H and O–H groups in total. The van der Waals surface area contributed by atoms with E-state index >= 15 is 0 Å². The van der Waals surface area contributed by atoms with E-state index in [2.05, 4.69) is 0 Å². The van der Waals surface area contributed by atoms with Gasteiger partial charge in [0.05, 0.1) is 0 Å². The monoisotopic (exact) mass is 94.0 g/mol. The van der Waals surface area contributed by atoms with Gasteiger partial charge in [-0.15, -0.1) is 0 Å². The molecular formula is H6CaO3+2. The van der Waals surface area contributed by atoms with Crippen LogP contribution in [0.3, 0.4) is 0 Å². The van der Waals surface area contributed by atoms with Crippen molar-refractivity contribution in [2.75, 3.05) is 0 Å². The van der Waals surface area contributed by atoms with Gasteiger partial charge in [-0.05, 0) is 0 Å². The number of hydrogen-bond donors (Lipinski definition) is 0. The van der Waals surface area contributed by atoms with E-state index in [-0.39, 0.29) is 54.2 Å². The third-order valence-corrected chi connectivity index (χ3v) is 0. The topological polar surface area (TPSA) is 94.5 Å². The summed E-state index contributed by atoms with van der Waals surface area (Å²) in [4.78, 5) is 0. The minimum absolute atomic E-state index is 0. The molecule has 3 nitrogen and oxygen atoms in total. The first-order chi connectivity index (χ1) is 0. The van der Waals surface area contributed by atoms with Crippen molar-refractivity contribution in [3.63, 3.8) is 0 Å². The van der Waals surface area contributed by atoms with Gasteiger partial charge in [-0.2, -0.15) is 0 Å². The van der Waals surface area contributed by atoms with Gasteiger partial charge < -0.3 is 16.4 Å². The summed E-state index contributed by atoms with van der Waals surface area (Å²) in [7, 11) is 0. The summed E-state index contributed by atoms with van der Waals surface area (Å²) in [5.74, 6) is 0. The normalized spacial score (nSPS) is 0. The SMILES string of the molecule is O.O.O.[Ca+2]. The third-order valence-electron chi connectivity index (χ3n) is 0. The van der Waals surface area contributed by atoms with Gasteiger partial charge in [-0.3, -0.25) is 0 Å². The molecule has 0 aliphatic heterocycles. The van der Waals surface area contributed by atoms with Gasteiger partial charge in [-0.1, -0.05) is 0 Å². The van der Waals surface area contributed by atoms with E-state index in [1.165, 1.54) is 0 Å². The predicted molar refractivity (Wildman–Crippen MR) is 16.6 cm³/mol. The van der Waals surface area contributed by atoms with Crippen molar-refractivity contribution in [3.05, 3.63) is 0 Å². The van der Waals surface area contributed by atoms with Crippen molar-refractivity contribution in [1.82, 2.24) is 0 Å². The maximum atomic E-state index is 0. The molecular weight excluding hydrogens is 88.1 g/mol. The average Bonchev–Trinajstić information content (AvgIpc) is 0. The molecule has 0 bridgehead atoms. The van der Waals surface area contributed by atoms with Crippen molar-refractivity contribution < 1.29 is 16.4 Å². The molecule has 0 unspecified atom stereocenters. The second-order valence-electron chi connectivity index (χ2n) is 0. The molecule has 0 aliphatic carbocycles. The van der Waals surface area contributed by atoms with Crippen LogP contribution in [0, 0.1) is 0 Å². The molecule has 0 spiro atoms. The Morgan fingerprint density at radius 1 is 0.500 bits per heavy atom. The van der Waals surface area contributed by atoms with Crippen LogP contribution in [0.25, 0.3) is 0 Å². The summed E-state index contributed by atoms with van der Waals surface area (Å²) in [5.41, 5.74) is 0. The van der Waals surface area contributed by atoms with Gasteiger partial charge in [-0.25, -0.2) is 0 Å². The van der Waals surface area contributed by atoms with Gasteiger partial charge in [0.2, 0.25) is 0 Å². The third kappa shape index (κ3) is 11.1. The van der Waals surface area contributed by atoms with Crippen LogP contribution in [-0.2, 0) is 0 Å².